The van der Waals surface area contributed by atoms with Gasteiger partial charge in [0.1, 0.15) is 6.33 Å². The molecule has 2 aromatic heterocycles. The van der Waals surface area contributed by atoms with Crippen LogP contribution in [0.25, 0.3) is 11.2 Å². The van der Waals surface area contributed by atoms with Crippen molar-refractivity contribution >= 4 is 17.1 Å². The monoisotopic (exact) mass is 297 g/mol. The van der Waals surface area contributed by atoms with Gasteiger partial charge in [-0.2, -0.15) is 9.97 Å². The summed E-state index contributed by atoms with van der Waals surface area (Å²) in [4.78, 5) is 12.6. The second-order valence-corrected chi connectivity index (χ2v) is 4.13. The Morgan fingerprint density at radius 3 is 2.90 bits per heavy atom. The lowest BCUT2D eigenvalue weighted by Gasteiger charge is -2.13. The van der Waals surface area contributed by atoms with Crippen LogP contribution in [-0.4, -0.2) is 56.6 Å². The maximum atomic E-state index is 10.0. The molecule has 9 heteroatoms. The Kier molecular flexibility index (Phi) is 5.26. The molecule has 0 saturated carbocycles. The Hall–Kier alpha value is -1.97. The number of aliphatic hydroxyl groups excluding tert-OH is 2. The summed E-state index contributed by atoms with van der Waals surface area (Å²) < 4.78 is 12.0. The van der Waals surface area contributed by atoms with Gasteiger partial charge in [0.2, 0.25) is 18.2 Å². The van der Waals surface area contributed by atoms with E-state index >= 15 is 0 Å². The van der Waals surface area contributed by atoms with Gasteiger partial charge in [-0.15, -0.1) is 0 Å². The quantitative estimate of drug-likeness (QED) is 0.465. The highest BCUT2D eigenvalue weighted by molar-refractivity contribution is 5.77. The zero-order chi connectivity index (χ0) is 15.2. The molecule has 0 saturated heterocycles. The van der Waals surface area contributed by atoms with Crippen LogP contribution in [-0.2, 0) is 4.74 Å². The van der Waals surface area contributed by atoms with E-state index in [9.17, 15) is 5.11 Å². The van der Waals surface area contributed by atoms with Crippen LogP contribution in [0.3, 0.4) is 0 Å². The van der Waals surface area contributed by atoms with Gasteiger partial charge < -0.3 is 25.0 Å². The van der Waals surface area contributed by atoms with E-state index in [1.54, 1.807) is 7.05 Å². The Labute approximate surface area is 121 Å². The number of nitrogens with one attached hydrogen (secondary N) is 1. The van der Waals surface area contributed by atoms with Crippen molar-refractivity contribution in [3.8, 4) is 5.88 Å². The summed E-state index contributed by atoms with van der Waals surface area (Å²) in [6.07, 6.45) is 0.603. The first-order valence-electron chi connectivity index (χ1n) is 6.66. The molecule has 0 aromatic carbocycles. The molecule has 0 amide bonds. The van der Waals surface area contributed by atoms with E-state index < -0.39 is 6.41 Å². The fourth-order valence-electron chi connectivity index (χ4n) is 1.74. The molecule has 21 heavy (non-hydrogen) atoms. The first-order chi connectivity index (χ1) is 10.2. The number of hydrogen-bond donors (Lipinski definition) is 3. The van der Waals surface area contributed by atoms with Gasteiger partial charge in [0.25, 0.3) is 0 Å². The van der Waals surface area contributed by atoms with Crippen molar-refractivity contribution in [2.75, 3.05) is 32.2 Å². The third-order valence-corrected chi connectivity index (χ3v) is 2.70. The van der Waals surface area contributed by atoms with E-state index in [1.807, 2.05) is 6.92 Å². The highest BCUT2D eigenvalue weighted by atomic mass is 16.6. The van der Waals surface area contributed by atoms with Crippen molar-refractivity contribution in [1.29, 1.82) is 0 Å². The maximum absolute atomic E-state index is 10.0. The lowest BCUT2D eigenvalue weighted by molar-refractivity contribution is -0.152. The second kappa shape index (κ2) is 7.16. The molecular weight excluding hydrogens is 278 g/mol. The lowest BCUT2D eigenvalue weighted by Crippen LogP contribution is -2.14. The van der Waals surface area contributed by atoms with Gasteiger partial charge in [0.15, 0.2) is 11.2 Å². The molecule has 2 aromatic rings. The topological polar surface area (TPSA) is 115 Å². The molecule has 0 aliphatic carbocycles. The Balaban J connectivity index is 2.34. The molecule has 0 radical (unpaired) electrons. The van der Waals surface area contributed by atoms with Crippen molar-refractivity contribution in [1.82, 2.24) is 19.5 Å². The number of hydrogen-bond acceptors (Lipinski definition) is 8. The maximum Gasteiger partial charge on any atom is 0.247 e. The van der Waals surface area contributed by atoms with Crippen LogP contribution in [0.1, 0.15) is 19.8 Å². The zero-order valence-corrected chi connectivity index (χ0v) is 12.0. The number of anilines is 1. The average molecular weight is 297 g/mol. The van der Waals surface area contributed by atoms with Crippen molar-refractivity contribution < 1.29 is 19.7 Å². The molecule has 2 rings (SSSR count). The summed E-state index contributed by atoms with van der Waals surface area (Å²) in [5, 5.41) is 21.6. The van der Waals surface area contributed by atoms with Crippen LogP contribution in [0.2, 0.25) is 0 Å². The number of aromatic nitrogens is 4. The Morgan fingerprint density at radius 2 is 2.24 bits per heavy atom. The molecule has 2 heterocycles. The predicted octanol–water partition coefficient (Wildman–Crippen LogP) is 0.114. The normalized spacial score (nSPS) is 12.6. The standard InChI is InChI=1S/C12H19N5O4/c1-3-20-10-8-9(15-11(13-2)16-10)17(7-14-8)12(19)21-6-4-5-18/h7,12,18-19H,3-6H2,1-2H3,(H,13,15,16). The molecule has 9 nitrogen and oxygen atoms in total. The summed E-state index contributed by atoms with van der Waals surface area (Å²) in [5.41, 5.74) is 0.843. The number of fused-ring (bicyclic) bond motifs is 1. The van der Waals surface area contributed by atoms with Crippen LogP contribution in [0, 0.1) is 0 Å². The van der Waals surface area contributed by atoms with Crippen molar-refractivity contribution in [2.45, 2.75) is 19.8 Å². The minimum absolute atomic E-state index is 0.00203. The Morgan fingerprint density at radius 1 is 1.43 bits per heavy atom. The highest BCUT2D eigenvalue weighted by Crippen LogP contribution is 2.24. The van der Waals surface area contributed by atoms with Crippen molar-refractivity contribution in [3.05, 3.63) is 6.33 Å². The molecule has 1 atom stereocenters. The first kappa shape index (κ1) is 15.4. The number of aliphatic hydroxyl groups is 2. The lowest BCUT2D eigenvalue weighted by atomic mass is 10.5. The molecule has 0 aliphatic heterocycles. The molecule has 3 N–H and O–H groups in total. The predicted molar refractivity (Wildman–Crippen MR) is 74.9 cm³/mol. The zero-order valence-electron chi connectivity index (χ0n) is 12.0. The van der Waals surface area contributed by atoms with E-state index in [0.717, 1.165) is 0 Å². The molecule has 1 unspecified atom stereocenters. The van der Waals surface area contributed by atoms with Gasteiger partial charge in [0, 0.05) is 13.7 Å². The number of rotatable bonds is 8. The summed E-state index contributed by atoms with van der Waals surface area (Å²) in [6, 6.07) is 0. The molecular formula is C12H19N5O4. The van der Waals surface area contributed by atoms with Gasteiger partial charge in [-0.3, -0.25) is 4.57 Å². The third-order valence-electron chi connectivity index (χ3n) is 2.70. The van der Waals surface area contributed by atoms with Crippen LogP contribution in [0.5, 0.6) is 5.88 Å². The third kappa shape index (κ3) is 3.38. The number of ether oxygens (including phenoxy) is 2. The molecule has 0 aliphatic rings. The first-order valence-corrected chi connectivity index (χ1v) is 6.66. The van der Waals surface area contributed by atoms with E-state index in [2.05, 4.69) is 20.3 Å². The summed E-state index contributed by atoms with van der Waals surface area (Å²) in [7, 11) is 1.69. The molecule has 0 fully saturated rings. The summed E-state index contributed by atoms with van der Waals surface area (Å²) in [5.74, 6) is 0.698. The fraction of sp³-hybridized carbons (Fsp3) is 0.583. The fourth-order valence-corrected chi connectivity index (χ4v) is 1.74. The van der Waals surface area contributed by atoms with Crippen molar-refractivity contribution in [2.24, 2.45) is 0 Å². The van der Waals surface area contributed by atoms with E-state index in [4.69, 9.17) is 14.6 Å². The molecule has 0 bridgehead atoms. The van der Waals surface area contributed by atoms with Gasteiger partial charge in [-0.1, -0.05) is 0 Å². The van der Waals surface area contributed by atoms with Crippen LogP contribution in [0.4, 0.5) is 5.95 Å². The van der Waals surface area contributed by atoms with Gasteiger partial charge >= 0.3 is 0 Å². The van der Waals surface area contributed by atoms with Gasteiger partial charge in [0.05, 0.1) is 13.2 Å². The molecule has 0 spiro atoms. The average Bonchev–Trinajstić information content (AvgIpc) is 2.91. The van der Waals surface area contributed by atoms with Crippen molar-refractivity contribution in [3.63, 3.8) is 0 Å². The highest BCUT2D eigenvalue weighted by Gasteiger charge is 2.18. The van der Waals surface area contributed by atoms with E-state index in [1.165, 1.54) is 10.9 Å². The minimum Gasteiger partial charge on any atom is -0.476 e. The SMILES string of the molecule is CCOc1nc(NC)nc2c1ncn2C(O)OCCCO. The largest absolute Gasteiger partial charge is 0.476 e. The van der Waals surface area contributed by atoms with Crippen LogP contribution >= 0.6 is 0 Å². The van der Waals surface area contributed by atoms with E-state index in [0.29, 0.717) is 36.0 Å². The smallest absolute Gasteiger partial charge is 0.247 e. The molecule has 116 valence electrons. The van der Waals surface area contributed by atoms with E-state index in [-0.39, 0.29) is 13.2 Å². The summed E-state index contributed by atoms with van der Waals surface area (Å²) >= 11 is 0. The van der Waals surface area contributed by atoms with Gasteiger partial charge in [-0.05, 0) is 13.3 Å². The number of nitrogens with zero attached hydrogens (tertiary/aromatic N) is 4. The second-order valence-electron chi connectivity index (χ2n) is 4.13. The van der Waals surface area contributed by atoms with Gasteiger partial charge in [-0.25, -0.2) is 4.98 Å². The van der Waals surface area contributed by atoms with Crippen LogP contribution < -0.4 is 10.1 Å². The Bertz CT molecular complexity index is 588. The number of imidazole rings is 1. The minimum atomic E-state index is -1.24. The van der Waals surface area contributed by atoms with Crippen LogP contribution in [0.15, 0.2) is 6.33 Å². The summed E-state index contributed by atoms with van der Waals surface area (Å²) in [6.45, 7) is 2.51.